The molecule has 0 saturated carbocycles. The number of aliphatic hydroxyl groups excluding tert-OH is 2. The van der Waals surface area contributed by atoms with E-state index in [1.807, 2.05) is 45.1 Å². The van der Waals surface area contributed by atoms with Crippen molar-refractivity contribution in [3.05, 3.63) is 24.3 Å². The minimum Gasteiger partial charge on any atom is -0.390 e. The minimum atomic E-state index is -0.677. The largest absolute Gasteiger partial charge is 0.390 e. The van der Waals surface area contributed by atoms with Gasteiger partial charge in [0.05, 0.1) is 12.2 Å². The molecule has 0 aromatic heterocycles. The van der Waals surface area contributed by atoms with Crippen molar-refractivity contribution in [3.63, 3.8) is 0 Å². The van der Waals surface area contributed by atoms with Crippen molar-refractivity contribution in [2.45, 2.75) is 39.4 Å². The third kappa shape index (κ3) is 2.69. The van der Waals surface area contributed by atoms with Crippen molar-refractivity contribution in [1.29, 1.82) is 0 Å². The number of allylic oxidation sites excluding steroid dienone is 3. The second-order valence-electron chi connectivity index (χ2n) is 5.01. The van der Waals surface area contributed by atoms with Gasteiger partial charge in [0.25, 0.3) is 0 Å². The third-order valence-electron chi connectivity index (χ3n) is 2.66. The molecule has 2 N–H and O–H groups in total. The molecule has 1 aliphatic carbocycles. The Hall–Kier alpha value is -0.600. The summed E-state index contributed by atoms with van der Waals surface area (Å²) in [6, 6.07) is 0. The molecule has 0 saturated heterocycles. The van der Waals surface area contributed by atoms with Gasteiger partial charge in [-0.3, -0.25) is 0 Å². The van der Waals surface area contributed by atoms with Crippen LogP contribution in [0.4, 0.5) is 0 Å². The van der Waals surface area contributed by atoms with Gasteiger partial charge in [0.2, 0.25) is 0 Å². The zero-order chi connectivity index (χ0) is 10.8. The fourth-order valence-electron chi connectivity index (χ4n) is 1.60. The Morgan fingerprint density at radius 2 is 1.86 bits per heavy atom. The zero-order valence-electron chi connectivity index (χ0n) is 9.14. The summed E-state index contributed by atoms with van der Waals surface area (Å²) in [7, 11) is 0. The van der Waals surface area contributed by atoms with Gasteiger partial charge in [-0.1, -0.05) is 45.1 Å². The lowest BCUT2D eigenvalue weighted by molar-refractivity contribution is -0.0616. The van der Waals surface area contributed by atoms with Crippen LogP contribution in [-0.4, -0.2) is 22.4 Å². The average Bonchev–Trinajstić information content (AvgIpc) is 2.15. The van der Waals surface area contributed by atoms with E-state index >= 15 is 0 Å². The molecule has 2 nitrogen and oxygen atoms in total. The lowest BCUT2D eigenvalue weighted by atomic mass is 9.80. The molecule has 0 aromatic rings. The van der Waals surface area contributed by atoms with Gasteiger partial charge < -0.3 is 10.2 Å². The molecule has 0 amide bonds. The maximum Gasteiger partial charge on any atom is 0.0869 e. The first-order valence-electron chi connectivity index (χ1n) is 5.12. The van der Waals surface area contributed by atoms with Crippen LogP contribution < -0.4 is 0 Å². The van der Waals surface area contributed by atoms with Gasteiger partial charge in [0.15, 0.2) is 0 Å². The molecular formula is C12H20O2. The van der Waals surface area contributed by atoms with E-state index in [2.05, 4.69) is 0 Å². The molecule has 0 aromatic carbocycles. The lowest BCUT2D eigenvalue weighted by Crippen LogP contribution is -2.41. The van der Waals surface area contributed by atoms with Crippen molar-refractivity contribution in [3.8, 4) is 0 Å². The first kappa shape index (κ1) is 11.5. The maximum atomic E-state index is 9.94. The van der Waals surface area contributed by atoms with E-state index in [4.69, 9.17) is 0 Å². The van der Waals surface area contributed by atoms with E-state index in [0.29, 0.717) is 0 Å². The van der Waals surface area contributed by atoms with Gasteiger partial charge in [0.1, 0.15) is 0 Å². The summed E-state index contributed by atoms with van der Waals surface area (Å²) in [5.41, 5.74) is -0.269. The minimum absolute atomic E-state index is 0.0502. The van der Waals surface area contributed by atoms with Crippen LogP contribution in [0.1, 0.15) is 27.2 Å². The fourth-order valence-corrected chi connectivity index (χ4v) is 1.60. The van der Waals surface area contributed by atoms with E-state index in [-0.39, 0.29) is 11.3 Å². The van der Waals surface area contributed by atoms with Crippen molar-refractivity contribution in [1.82, 2.24) is 0 Å². The third-order valence-corrected chi connectivity index (χ3v) is 2.66. The summed E-state index contributed by atoms with van der Waals surface area (Å²) in [5.74, 6) is 0.0502. The van der Waals surface area contributed by atoms with Gasteiger partial charge in [-0.25, -0.2) is 0 Å². The van der Waals surface area contributed by atoms with Crippen LogP contribution >= 0.6 is 0 Å². The van der Waals surface area contributed by atoms with E-state index < -0.39 is 12.2 Å². The SMILES string of the molecule is CC(C)(C)[C@H](O)[C@@H](O)[C@@H]1C=CC=CC1. The van der Waals surface area contributed by atoms with Crippen LogP contribution in [-0.2, 0) is 0 Å². The van der Waals surface area contributed by atoms with E-state index in [0.717, 1.165) is 6.42 Å². The molecule has 0 bridgehead atoms. The van der Waals surface area contributed by atoms with Crippen molar-refractivity contribution >= 4 is 0 Å². The molecule has 0 heterocycles. The predicted octanol–water partition coefficient (Wildman–Crippen LogP) is 1.89. The first-order valence-corrected chi connectivity index (χ1v) is 5.12. The molecule has 80 valence electrons. The first-order chi connectivity index (χ1) is 6.43. The summed E-state index contributed by atoms with van der Waals surface area (Å²) < 4.78 is 0. The highest BCUT2D eigenvalue weighted by Gasteiger charge is 2.32. The number of rotatable bonds is 2. The van der Waals surface area contributed by atoms with Gasteiger partial charge in [-0.15, -0.1) is 0 Å². The molecular weight excluding hydrogens is 176 g/mol. The number of hydrogen-bond acceptors (Lipinski definition) is 2. The van der Waals surface area contributed by atoms with Gasteiger partial charge in [-0.2, -0.15) is 0 Å². The molecule has 0 unspecified atom stereocenters. The molecule has 0 spiro atoms. The predicted molar refractivity (Wildman–Crippen MR) is 57.9 cm³/mol. The molecule has 3 atom stereocenters. The summed E-state index contributed by atoms with van der Waals surface area (Å²) >= 11 is 0. The summed E-state index contributed by atoms with van der Waals surface area (Å²) in [4.78, 5) is 0. The highest BCUT2D eigenvalue weighted by Crippen LogP contribution is 2.28. The van der Waals surface area contributed by atoms with Crippen molar-refractivity contribution in [2.24, 2.45) is 11.3 Å². The second-order valence-corrected chi connectivity index (χ2v) is 5.01. The second kappa shape index (κ2) is 4.28. The Morgan fingerprint density at radius 1 is 1.21 bits per heavy atom. The van der Waals surface area contributed by atoms with Crippen LogP contribution in [0.25, 0.3) is 0 Å². The highest BCUT2D eigenvalue weighted by molar-refractivity contribution is 5.12. The van der Waals surface area contributed by atoms with Crippen LogP contribution in [0, 0.1) is 11.3 Å². The van der Waals surface area contributed by atoms with Gasteiger partial charge >= 0.3 is 0 Å². The molecule has 0 aliphatic heterocycles. The molecule has 0 fully saturated rings. The zero-order valence-corrected chi connectivity index (χ0v) is 9.14. The smallest absolute Gasteiger partial charge is 0.0869 e. The Labute approximate surface area is 86.0 Å². The number of hydrogen-bond donors (Lipinski definition) is 2. The fraction of sp³-hybridized carbons (Fsp3) is 0.667. The van der Waals surface area contributed by atoms with Gasteiger partial charge in [0, 0.05) is 5.92 Å². The Kier molecular flexibility index (Phi) is 3.51. The normalized spacial score (nSPS) is 26.2. The monoisotopic (exact) mass is 196 g/mol. The van der Waals surface area contributed by atoms with Crippen molar-refractivity contribution < 1.29 is 10.2 Å². The average molecular weight is 196 g/mol. The topological polar surface area (TPSA) is 40.5 Å². The quantitative estimate of drug-likeness (QED) is 0.708. The molecule has 1 aliphatic rings. The summed E-state index contributed by atoms with van der Waals surface area (Å²) in [6.07, 6.45) is 7.33. The Balaban J connectivity index is 2.61. The number of aliphatic hydroxyl groups is 2. The molecule has 0 radical (unpaired) electrons. The molecule has 14 heavy (non-hydrogen) atoms. The standard InChI is InChI=1S/C12H20O2/c1-12(2,3)11(14)10(13)9-7-5-4-6-8-9/h4-7,9-11,13-14H,8H2,1-3H3/t9-,10+,11-/m1/s1. The lowest BCUT2D eigenvalue weighted by Gasteiger charge is -2.33. The van der Waals surface area contributed by atoms with Crippen LogP contribution in [0.3, 0.4) is 0 Å². The van der Waals surface area contributed by atoms with E-state index in [9.17, 15) is 10.2 Å². The van der Waals surface area contributed by atoms with Crippen LogP contribution in [0.2, 0.25) is 0 Å². The highest BCUT2D eigenvalue weighted by atomic mass is 16.3. The van der Waals surface area contributed by atoms with Crippen molar-refractivity contribution in [2.75, 3.05) is 0 Å². The van der Waals surface area contributed by atoms with Crippen LogP contribution in [0.5, 0.6) is 0 Å². The van der Waals surface area contributed by atoms with Crippen LogP contribution in [0.15, 0.2) is 24.3 Å². The Morgan fingerprint density at radius 3 is 2.29 bits per heavy atom. The maximum absolute atomic E-state index is 9.94. The van der Waals surface area contributed by atoms with Gasteiger partial charge in [-0.05, 0) is 11.8 Å². The molecule has 1 rings (SSSR count). The van der Waals surface area contributed by atoms with E-state index in [1.54, 1.807) is 0 Å². The molecule has 2 heteroatoms. The van der Waals surface area contributed by atoms with E-state index in [1.165, 1.54) is 0 Å². The summed E-state index contributed by atoms with van der Waals surface area (Å²) in [6.45, 7) is 5.80. The Bertz CT molecular complexity index is 235. The summed E-state index contributed by atoms with van der Waals surface area (Å²) in [5, 5.41) is 19.8.